The topological polar surface area (TPSA) is 119 Å². The fraction of sp³-hybridized carbons (Fsp3) is 0.211. The smallest absolute Gasteiger partial charge is 0.251 e. The number of rotatable bonds is 7. The van der Waals surface area contributed by atoms with E-state index < -0.39 is 22.5 Å². The maximum atomic E-state index is 12.4. The highest BCUT2D eigenvalue weighted by Crippen LogP contribution is 2.14. The average Bonchev–Trinajstić information content (AvgIpc) is 2.71. The number of sulfonamides is 1. The first-order valence-electron chi connectivity index (χ1n) is 8.32. The lowest BCUT2D eigenvalue weighted by molar-refractivity contribution is -0.129. The van der Waals surface area contributed by atoms with E-state index in [-0.39, 0.29) is 22.9 Å². The molecule has 9 heteroatoms. The van der Waals surface area contributed by atoms with Crippen molar-refractivity contribution in [2.45, 2.75) is 11.4 Å². The number of hydrogen-bond acceptors (Lipinski definition) is 5. The van der Waals surface area contributed by atoms with E-state index in [1.807, 2.05) is 6.07 Å². The van der Waals surface area contributed by atoms with Crippen molar-refractivity contribution in [3.63, 3.8) is 0 Å². The second kappa shape index (κ2) is 9.12. The summed E-state index contributed by atoms with van der Waals surface area (Å²) in [6.45, 7) is -0.182. The lowest BCUT2D eigenvalue weighted by atomic mass is 10.1. The van der Waals surface area contributed by atoms with Crippen LogP contribution in [0, 0.1) is 11.3 Å². The molecule has 28 heavy (non-hydrogen) atoms. The number of nitrogens with zero attached hydrogens (tertiary/aromatic N) is 2. The molecule has 2 amide bonds. The fourth-order valence-electron chi connectivity index (χ4n) is 2.43. The number of hydrogen-bond donors (Lipinski definition) is 2. The minimum atomic E-state index is -3.99. The quantitative estimate of drug-likeness (QED) is 0.714. The molecule has 0 atom stereocenters. The molecular formula is C19H20N4O4S. The van der Waals surface area contributed by atoms with E-state index in [0.29, 0.717) is 5.56 Å². The molecule has 0 aliphatic heterocycles. The lowest BCUT2D eigenvalue weighted by Crippen LogP contribution is -2.38. The first-order valence-corrected chi connectivity index (χ1v) is 9.80. The van der Waals surface area contributed by atoms with Crippen LogP contribution < -0.4 is 10.0 Å². The van der Waals surface area contributed by atoms with Crippen LogP contribution in [0.4, 0.5) is 0 Å². The average molecular weight is 400 g/mol. The van der Waals surface area contributed by atoms with Gasteiger partial charge >= 0.3 is 0 Å². The Morgan fingerprint density at radius 3 is 2.36 bits per heavy atom. The maximum Gasteiger partial charge on any atom is 0.251 e. The van der Waals surface area contributed by atoms with Crippen molar-refractivity contribution in [2.24, 2.45) is 0 Å². The van der Waals surface area contributed by atoms with Gasteiger partial charge in [-0.15, -0.1) is 0 Å². The predicted molar refractivity (Wildman–Crippen MR) is 103 cm³/mol. The molecule has 0 bridgehead atoms. The van der Waals surface area contributed by atoms with Gasteiger partial charge in [-0.05, 0) is 29.8 Å². The first-order chi connectivity index (χ1) is 13.3. The Kier molecular flexibility index (Phi) is 6.87. The Bertz CT molecular complexity index is 1010. The molecule has 2 N–H and O–H groups in total. The molecule has 0 spiro atoms. The zero-order valence-corrected chi connectivity index (χ0v) is 16.3. The normalized spacial score (nSPS) is 10.8. The monoisotopic (exact) mass is 400 g/mol. The van der Waals surface area contributed by atoms with Gasteiger partial charge in [-0.25, -0.2) is 13.1 Å². The number of amides is 2. The molecule has 0 fully saturated rings. The van der Waals surface area contributed by atoms with E-state index >= 15 is 0 Å². The second-order valence-corrected chi connectivity index (χ2v) is 7.69. The third kappa shape index (κ3) is 5.16. The molecule has 0 heterocycles. The van der Waals surface area contributed by atoms with E-state index in [9.17, 15) is 18.0 Å². The molecule has 2 rings (SSSR count). The summed E-state index contributed by atoms with van der Waals surface area (Å²) in [7, 11) is -0.898. The van der Waals surface area contributed by atoms with Gasteiger partial charge < -0.3 is 10.2 Å². The van der Waals surface area contributed by atoms with Gasteiger partial charge in [0.15, 0.2) is 0 Å². The van der Waals surface area contributed by atoms with Crippen molar-refractivity contribution in [3.8, 4) is 6.07 Å². The van der Waals surface area contributed by atoms with E-state index in [1.165, 1.54) is 23.1 Å². The van der Waals surface area contributed by atoms with Crippen LogP contribution in [0.1, 0.15) is 21.5 Å². The Hall–Kier alpha value is -3.22. The summed E-state index contributed by atoms with van der Waals surface area (Å²) >= 11 is 0. The largest absolute Gasteiger partial charge is 0.355 e. The molecule has 0 aliphatic carbocycles. The molecular weight excluding hydrogens is 380 g/mol. The van der Waals surface area contributed by atoms with Gasteiger partial charge in [0.2, 0.25) is 15.9 Å². The van der Waals surface area contributed by atoms with Crippen LogP contribution in [0.15, 0.2) is 53.4 Å². The molecule has 8 nitrogen and oxygen atoms in total. The Labute approximate surface area is 163 Å². The third-order valence-corrected chi connectivity index (χ3v) is 5.46. The van der Waals surface area contributed by atoms with Gasteiger partial charge in [-0.2, -0.15) is 5.26 Å². The number of likely N-dealkylation sites (N-methyl/N-ethyl adjacent to an activating group) is 1. The molecule has 2 aromatic carbocycles. The van der Waals surface area contributed by atoms with E-state index in [0.717, 1.165) is 5.56 Å². The summed E-state index contributed by atoms with van der Waals surface area (Å²) < 4.78 is 26.9. The molecule has 0 saturated carbocycles. The summed E-state index contributed by atoms with van der Waals surface area (Å²) in [5, 5.41) is 11.6. The van der Waals surface area contributed by atoms with Crippen molar-refractivity contribution in [2.75, 3.05) is 20.6 Å². The van der Waals surface area contributed by atoms with Crippen molar-refractivity contribution in [1.29, 1.82) is 5.26 Å². The number of nitriles is 1. The van der Waals surface area contributed by atoms with Gasteiger partial charge in [-0.3, -0.25) is 9.59 Å². The zero-order valence-electron chi connectivity index (χ0n) is 15.5. The van der Waals surface area contributed by atoms with E-state index in [4.69, 9.17) is 5.26 Å². The van der Waals surface area contributed by atoms with Gasteiger partial charge in [-0.1, -0.05) is 24.3 Å². The van der Waals surface area contributed by atoms with Gasteiger partial charge in [0.25, 0.3) is 5.91 Å². The SMILES string of the molecule is CNC(=O)c1ccc(CN(C)C(=O)CNS(=O)(=O)c2ccccc2C#N)cc1. The molecule has 146 valence electrons. The van der Waals surface area contributed by atoms with E-state index in [1.54, 1.807) is 44.4 Å². The molecule has 0 saturated heterocycles. The number of carbonyl (C=O) groups excluding carboxylic acids is 2. The fourth-order valence-corrected chi connectivity index (χ4v) is 3.56. The zero-order chi connectivity index (χ0) is 20.7. The van der Waals surface area contributed by atoms with Crippen LogP contribution >= 0.6 is 0 Å². The van der Waals surface area contributed by atoms with Crippen molar-refractivity contribution < 1.29 is 18.0 Å². The predicted octanol–water partition coefficient (Wildman–Crippen LogP) is 0.855. The number of nitrogens with one attached hydrogen (secondary N) is 2. The van der Waals surface area contributed by atoms with Crippen LogP contribution in [0.25, 0.3) is 0 Å². The summed E-state index contributed by atoms with van der Waals surface area (Å²) in [6, 6.07) is 14.3. The molecule has 0 aliphatic rings. The Balaban J connectivity index is 1.99. The minimum absolute atomic E-state index is 0.00649. The first kappa shape index (κ1) is 21.1. The van der Waals surface area contributed by atoms with Crippen LogP contribution in [-0.2, 0) is 21.4 Å². The Morgan fingerprint density at radius 2 is 1.75 bits per heavy atom. The van der Waals surface area contributed by atoms with Crippen LogP contribution in [0.3, 0.4) is 0 Å². The molecule has 0 radical (unpaired) electrons. The minimum Gasteiger partial charge on any atom is -0.355 e. The molecule has 0 unspecified atom stereocenters. The summed E-state index contributed by atoms with van der Waals surface area (Å²) in [4.78, 5) is 25.0. The van der Waals surface area contributed by atoms with Gasteiger partial charge in [0.05, 0.1) is 17.0 Å². The van der Waals surface area contributed by atoms with E-state index in [2.05, 4.69) is 10.0 Å². The highest BCUT2D eigenvalue weighted by molar-refractivity contribution is 7.89. The number of benzene rings is 2. The standard InChI is InChI=1S/C19H20N4O4S/c1-21-19(25)15-9-7-14(8-10-15)13-23(2)18(24)12-22-28(26,27)17-6-4-3-5-16(17)11-20/h3-10,22H,12-13H2,1-2H3,(H,21,25). The van der Waals surface area contributed by atoms with Crippen LogP contribution in [-0.4, -0.2) is 45.8 Å². The second-order valence-electron chi connectivity index (χ2n) is 5.96. The summed E-state index contributed by atoms with van der Waals surface area (Å²) in [5.41, 5.74) is 1.30. The summed E-state index contributed by atoms with van der Waals surface area (Å²) in [5.74, 6) is -0.642. The Morgan fingerprint density at radius 1 is 1.11 bits per heavy atom. The maximum absolute atomic E-state index is 12.4. The third-order valence-electron chi connectivity index (χ3n) is 4.00. The van der Waals surface area contributed by atoms with Crippen molar-refractivity contribution in [3.05, 3.63) is 65.2 Å². The van der Waals surface area contributed by atoms with Gasteiger partial charge in [0, 0.05) is 26.2 Å². The highest BCUT2D eigenvalue weighted by Gasteiger charge is 2.20. The van der Waals surface area contributed by atoms with Crippen LogP contribution in [0.2, 0.25) is 0 Å². The molecule has 0 aromatic heterocycles. The number of carbonyl (C=O) groups is 2. The van der Waals surface area contributed by atoms with Gasteiger partial charge in [0.1, 0.15) is 6.07 Å². The van der Waals surface area contributed by atoms with Crippen LogP contribution in [0.5, 0.6) is 0 Å². The van der Waals surface area contributed by atoms with Crippen molar-refractivity contribution in [1.82, 2.24) is 14.9 Å². The summed E-state index contributed by atoms with van der Waals surface area (Å²) in [6.07, 6.45) is 0. The van der Waals surface area contributed by atoms with Crippen molar-refractivity contribution >= 4 is 21.8 Å². The highest BCUT2D eigenvalue weighted by atomic mass is 32.2. The lowest BCUT2D eigenvalue weighted by Gasteiger charge is -2.18. The molecule has 2 aromatic rings.